The van der Waals surface area contributed by atoms with Crippen LogP contribution in [-0.2, 0) is 6.42 Å². The van der Waals surface area contributed by atoms with E-state index in [4.69, 9.17) is 0 Å². The summed E-state index contributed by atoms with van der Waals surface area (Å²) in [5.41, 5.74) is 6.22. The Morgan fingerprint density at radius 1 is 1.09 bits per heavy atom. The summed E-state index contributed by atoms with van der Waals surface area (Å²) in [4.78, 5) is 24.3. The molecule has 12 heteroatoms. The molecule has 2 amide bonds. The molecular formula is C35H37F3N6O2S. The third-order valence-electron chi connectivity index (χ3n) is 8.46. The molecule has 2 heterocycles. The molecule has 1 aliphatic heterocycles. The molecule has 2 atom stereocenters. The number of benzene rings is 3. The first-order valence-electron chi connectivity index (χ1n) is 15.9. The maximum atomic E-state index is 13.1. The van der Waals surface area contributed by atoms with Crippen LogP contribution in [0.3, 0.4) is 0 Å². The molecule has 0 spiro atoms. The number of carbonyl (C=O) groups excluding carboxylic acids is 1. The minimum absolute atomic E-state index is 0.0541. The molecule has 3 aromatic carbocycles. The van der Waals surface area contributed by atoms with Gasteiger partial charge in [0.15, 0.2) is 11.0 Å². The number of halogens is 3. The van der Waals surface area contributed by atoms with E-state index < -0.39 is 6.36 Å². The normalized spacial score (nSPS) is 19.3. The molecule has 6 rings (SSSR count). The van der Waals surface area contributed by atoms with E-state index in [1.165, 1.54) is 52.0 Å². The molecule has 2 unspecified atom stereocenters. The molecule has 0 radical (unpaired) electrons. The highest BCUT2D eigenvalue weighted by Gasteiger charge is 2.31. The maximum Gasteiger partial charge on any atom is 0.573 e. The van der Waals surface area contributed by atoms with Crippen molar-refractivity contribution < 1.29 is 22.7 Å². The summed E-state index contributed by atoms with van der Waals surface area (Å²) < 4.78 is 42.8. The number of alkyl halides is 3. The van der Waals surface area contributed by atoms with Gasteiger partial charge in [0.1, 0.15) is 12.1 Å². The number of anilines is 1. The van der Waals surface area contributed by atoms with Crippen LogP contribution in [0.1, 0.15) is 61.6 Å². The number of ether oxygens (including phenoxy) is 1. The SMILES string of the molecule is CCCc1ccc(C)cc1N1CCCSC1=NC(=O)NC1CCC(c2ccc(-c3ncn(-c4ccc(OC(F)(F)F)cc4)n3)cc2)C1. The molecule has 1 aromatic heterocycles. The van der Waals surface area contributed by atoms with Crippen LogP contribution in [0.2, 0.25) is 0 Å². The molecule has 1 aliphatic carbocycles. The van der Waals surface area contributed by atoms with E-state index in [1.807, 2.05) is 12.1 Å². The summed E-state index contributed by atoms with van der Waals surface area (Å²) in [5.74, 6) is 1.47. The number of nitrogens with one attached hydrogen (secondary N) is 1. The Hall–Kier alpha value is -4.32. The lowest BCUT2D eigenvalue weighted by Gasteiger charge is -2.31. The van der Waals surface area contributed by atoms with Crippen LogP contribution in [0.5, 0.6) is 5.75 Å². The lowest BCUT2D eigenvalue weighted by atomic mass is 9.96. The van der Waals surface area contributed by atoms with Gasteiger partial charge in [-0.15, -0.1) is 18.3 Å². The lowest BCUT2D eigenvalue weighted by Crippen LogP contribution is -2.38. The van der Waals surface area contributed by atoms with Crippen molar-refractivity contribution in [3.63, 3.8) is 0 Å². The van der Waals surface area contributed by atoms with Gasteiger partial charge >= 0.3 is 12.4 Å². The summed E-state index contributed by atoms with van der Waals surface area (Å²) in [6, 6.07) is 19.9. The molecule has 2 fully saturated rings. The predicted molar refractivity (Wildman–Crippen MR) is 179 cm³/mol. The smallest absolute Gasteiger partial charge is 0.406 e. The number of aliphatic imine (C=N–C) groups is 1. The van der Waals surface area contributed by atoms with Gasteiger partial charge in [0.25, 0.3) is 0 Å². The summed E-state index contributed by atoms with van der Waals surface area (Å²) in [6.45, 7) is 5.13. The van der Waals surface area contributed by atoms with E-state index in [0.717, 1.165) is 67.2 Å². The number of rotatable bonds is 8. The summed E-state index contributed by atoms with van der Waals surface area (Å²) in [6.07, 6.45) is 2.56. The molecule has 47 heavy (non-hydrogen) atoms. The van der Waals surface area contributed by atoms with Crippen LogP contribution >= 0.6 is 11.8 Å². The minimum Gasteiger partial charge on any atom is -0.406 e. The van der Waals surface area contributed by atoms with Gasteiger partial charge in [0.05, 0.1) is 5.69 Å². The van der Waals surface area contributed by atoms with Gasteiger partial charge in [-0.25, -0.2) is 14.5 Å². The zero-order valence-electron chi connectivity index (χ0n) is 26.3. The van der Waals surface area contributed by atoms with Crippen molar-refractivity contribution in [2.45, 2.75) is 70.7 Å². The number of aromatic nitrogens is 3. The van der Waals surface area contributed by atoms with Crippen LogP contribution in [-0.4, -0.2) is 50.7 Å². The Balaban J connectivity index is 1.06. The number of hydrogen-bond donors (Lipinski definition) is 1. The minimum atomic E-state index is -4.74. The van der Waals surface area contributed by atoms with Crippen LogP contribution < -0.4 is 15.0 Å². The van der Waals surface area contributed by atoms with E-state index in [2.05, 4.69) is 74.2 Å². The van der Waals surface area contributed by atoms with Gasteiger partial charge < -0.3 is 15.0 Å². The van der Waals surface area contributed by atoms with Gasteiger partial charge in [-0.2, -0.15) is 4.99 Å². The van der Waals surface area contributed by atoms with Gasteiger partial charge in [-0.05, 0) is 92.0 Å². The highest BCUT2D eigenvalue weighted by atomic mass is 32.2. The van der Waals surface area contributed by atoms with Crippen LogP contribution in [0.25, 0.3) is 17.1 Å². The van der Waals surface area contributed by atoms with Crippen molar-refractivity contribution in [1.29, 1.82) is 0 Å². The molecule has 2 aliphatic rings. The van der Waals surface area contributed by atoms with Crippen molar-refractivity contribution in [1.82, 2.24) is 20.1 Å². The Kier molecular flexibility index (Phi) is 9.86. The number of thioether (sulfide) groups is 1. The highest BCUT2D eigenvalue weighted by Crippen LogP contribution is 2.36. The summed E-state index contributed by atoms with van der Waals surface area (Å²) in [7, 11) is 0. The van der Waals surface area contributed by atoms with E-state index in [-0.39, 0.29) is 17.8 Å². The average molecular weight is 663 g/mol. The number of urea groups is 1. The summed E-state index contributed by atoms with van der Waals surface area (Å²) >= 11 is 1.65. The lowest BCUT2D eigenvalue weighted by molar-refractivity contribution is -0.274. The topological polar surface area (TPSA) is 84.6 Å². The van der Waals surface area contributed by atoms with Crippen LogP contribution in [0.15, 0.2) is 78.0 Å². The Morgan fingerprint density at radius 3 is 2.62 bits per heavy atom. The third kappa shape index (κ3) is 8.16. The van der Waals surface area contributed by atoms with Crippen molar-refractivity contribution >= 4 is 28.6 Å². The van der Waals surface area contributed by atoms with Crippen molar-refractivity contribution in [2.75, 3.05) is 17.2 Å². The average Bonchev–Trinajstić information content (AvgIpc) is 3.73. The van der Waals surface area contributed by atoms with Crippen LogP contribution in [0.4, 0.5) is 23.7 Å². The highest BCUT2D eigenvalue weighted by molar-refractivity contribution is 8.14. The second-order valence-corrected chi connectivity index (χ2v) is 13.0. The molecule has 1 N–H and O–H groups in total. The zero-order chi connectivity index (χ0) is 33.0. The number of amides is 2. The number of hydrogen-bond acceptors (Lipinski definition) is 5. The maximum absolute atomic E-state index is 13.1. The van der Waals surface area contributed by atoms with E-state index in [1.54, 1.807) is 11.8 Å². The van der Waals surface area contributed by atoms with Crippen molar-refractivity contribution in [2.24, 2.45) is 4.99 Å². The summed E-state index contributed by atoms with van der Waals surface area (Å²) in [5, 5.41) is 8.43. The first-order chi connectivity index (χ1) is 22.6. The van der Waals surface area contributed by atoms with Gasteiger partial charge in [-0.3, -0.25) is 0 Å². The van der Waals surface area contributed by atoms with Crippen LogP contribution in [0, 0.1) is 6.92 Å². The van der Waals surface area contributed by atoms with E-state index >= 15 is 0 Å². The fourth-order valence-electron chi connectivity index (χ4n) is 6.22. The molecule has 8 nitrogen and oxygen atoms in total. The first kappa shape index (κ1) is 32.6. The first-order valence-corrected chi connectivity index (χ1v) is 16.9. The predicted octanol–water partition coefficient (Wildman–Crippen LogP) is 8.44. The Morgan fingerprint density at radius 2 is 1.87 bits per heavy atom. The van der Waals surface area contributed by atoms with E-state index in [0.29, 0.717) is 17.4 Å². The van der Waals surface area contributed by atoms with Crippen molar-refractivity contribution in [3.05, 3.63) is 89.7 Å². The number of carbonyl (C=O) groups is 1. The quantitative estimate of drug-likeness (QED) is 0.204. The molecule has 4 aromatic rings. The zero-order valence-corrected chi connectivity index (χ0v) is 27.2. The fourth-order valence-corrected chi connectivity index (χ4v) is 7.16. The largest absolute Gasteiger partial charge is 0.573 e. The van der Waals surface area contributed by atoms with Crippen molar-refractivity contribution in [3.8, 4) is 22.8 Å². The Bertz CT molecular complexity index is 1720. The third-order valence-corrected chi connectivity index (χ3v) is 9.53. The monoisotopic (exact) mass is 662 g/mol. The second kappa shape index (κ2) is 14.2. The number of nitrogens with zero attached hydrogens (tertiary/aromatic N) is 5. The molecule has 1 saturated carbocycles. The molecule has 1 saturated heterocycles. The number of amidine groups is 1. The second-order valence-electron chi connectivity index (χ2n) is 12.0. The molecule has 0 bridgehead atoms. The number of aryl methyl sites for hydroxylation is 2. The molecular weight excluding hydrogens is 625 g/mol. The van der Waals surface area contributed by atoms with E-state index in [9.17, 15) is 18.0 Å². The van der Waals surface area contributed by atoms with Gasteiger partial charge in [0.2, 0.25) is 0 Å². The van der Waals surface area contributed by atoms with Gasteiger partial charge in [0, 0.05) is 29.6 Å². The van der Waals surface area contributed by atoms with Gasteiger partial charge in [-0.1, -0.05) is 61.5 Å². The Labute approximate surface area is 276 Å². The molecule has 246 valence electrons. The standard InChI is InChI=1S/C35H37F3N6O2S/c1-3-5-25-7-6-23(2)20-31(25)43-18-4-19-47-34(43)41-33(45)40-28-13-12-27(21-28)24-8-10-26(11-9-24)32-39-22-44(42-32)29-14-16-30(17-15-29)46-35(36,37)38/h6-11,14-17,20,22,27-28H,3-5,12-13,18-19,21H2,1-2H3,(H,40,45). The fraction of sp³-hybridized carbons (Fsp3) is 0.371.